The summed E-state index contributed by atoms with van der Waals surface area (Å²) in [5.41, 5.74) is 8.09. The minimum atomic E-state index is -0.252. The maximum Gasteiger partial charge on any atom is 0.132 e. The summed E-state index contributed by atoms with van der Waals surface area (Å²) in [6.07, 6.45) is 4.43. The van der Waals surface area contributed by atoms with E-state index in [4.69, 9.17) is 5.73 Å². The van der Waals surface area contributed by atoms with Gasteiger partial charge in [-0.1, -0.05) is 19.1 Å². The molecule has 0 saturated carbocycles. The van der Waals surface area contributed by atoms with E-state index in [0.29, 0.717) is 11.3 Å². The third-order valence-electron chi connectivity index (χ3n) is 4.14. The molecule has 116 valence electrons. The molecule has 2 aromatic rings. The van der Waals surface area contributed by atoms with Crippen LogP contribution in [-0.2, 0) is 6.42 Å². The van der Waals surface area contributed by atoms with E-state index in [1.807, 2.05) is 19.2 Å². The van der Waals surface area contributed by atoms with Gasteiger partial charge in [-0.2, -0.15) is 0 Å². The Morgan fingerprint density at radius 3 is 2.68 bits per heavy atom. The van der Waals surface area contributed by atoms with Gasteiger partial charge in [-0.25, -0.2) is 14.4 Å². The highest BCUT2D eigenvalue weighted by atomic mass is 19.1. The highest BCUT2D eigenvalue weighted by Crippen LogP contribution is 2.31. The number of anilines is 1. The van der Waals surface area contributed by atoms with E-state index in [2.05, 4.69) is 14.9 Å². The number of rotatable bonds is 3. The normalized spacial score (nSPS) is 16.0. The number of halogens is 1. The largest absolute Gasteiger partial charge is 0.368 e. The van der Waals surface area contributed by atoms with Crippen molar-refractivity contribution in [2.45, 2.75) is 32.2 Å². The topological polar surface area (TPSA) is 55.0 Å². The number of benzene rings is 1. The molecule has 22 heavy (non-hydrogen) atoms. The van der Waals surface area contributed by atoms with Gasteiger partial charge >= 0.3 is 0 Å². The molecule has 1 fully saturated rings. The molecule has 2 N–H and O–H groups in total. The van der Waals surface area contributed by atoms with Crippen LogP contribution in [0, 0.1) is 5.82 Å². The monoisotopic (exact) mass is 300 g/mol. The average molecular weight is 300 g/mol. The lowest BCUT2D eigenvalue weighted by Gasteiger charge is -2.32. The fraction of sp³-hybridized carbons (Fsp3) is 0.412. The molecule has 5 heteroatoms. The first-order chi connectivity index (χ1) is 10.7. The third-order valence-corrected chi connectivity index (χ3v) is 4.14. The summed E-state index contributed by atoms with van der Waals surface area (Å²) in [5.74, 6) is 0.480. The molecule has 0 aliphatic carbocycles. The highest BCUT2D eigenvalue weighted by molar-refractivity contribution is 5.75. The van der Waals surface area contributed by atoms with Crippen LogP contribution in [0.3, 0.4) is 0 Å². The van der Waals surface area contributed by atoms with Crippen molar-refractivity contribution in [1.82, 2.24) is 9.97 Å². The van der Waals surface area contributed by atoms with Crippen LogP contribution in [0.1, 0.15) is 25.6 Å². The van der Waals surface area contributed by atoms with E-state index < -0.39 is 0 Å². The number of nitrogens with zero attached hydrogens (tertiary/aromatic N) is 3. The third kappa shape index (κ3) is 2.95. The standard InChI is InChI=1S/C17H21FN4/c1-2-16-20-11-15(22-9-7-12(19)8-10-22)17(21-16)13-5-3-4-6-14(13)18/h3-6,11-12H,2,7-10,19H2,1H3. The second-order valence-electron chi connectivity index (χ2n) is 5.68. The highest BCUT2D eigenvalue weighted by Gasteiger charge is 2.21. The SMILES string of the molecule is CCc1ncc(N2CCC(N)CC2)c(-c2ccccc2F)n1. The molecule has 0 bridgehead atoms. The number of aromatic nitrogens is 2. The van der Waals surface area contributed by atoms with Gasteiger partial charge in [-0.15, -0.1) is 0 Å². The van der Waals surface area contributed by atoms with E-state index in [-0.39, 0.29) is 11.9 Å². The maximum atomic E-state index is 14.2. The Morgan fingerprint density at radius 1 is 1.27 bits per heavy atom. The molecule has 2 heterocycles. The van der Waals surface area contributed by atoms with Crippen molar-refractivity contribution in [3.63, 3.8) is 0 Å². The Bertz CT molecular complexity index is 651. The second-order valence-corrected chi connectivity index (χ2v) is 5.68. The van der Waals surface area contributed by atoms with Crippen LogP contribution in [0.5, 0.6) is 0 Å². The number of piperidine rings is 1. The Balaban J connectivity index is 2.05. The van der Waals surface area contributed by atoms with Gasteiger partial charge in [0.1, 0.15) is 17.3 Å². The number of hydrogen-bond donors (Lipinski definition) is 1. The van der Waals surface area contributed by atoms with Crippen LogP contribution in [-0.4, -0.2) is 29.1 Å². The Labute approximate surface area is 130 Å². The van der Waals surface area contributed by atoms with Gasteiger partial charge in [0.05, 0.1) is 11.9 Å². The van der Waals surface area contributed by atoms with Crippen LogP contribution in [0.4, 0.5) is 10.1 Å². The molecule has 0 spiro atoms. The zero-order chi connectivity index (χ0) is 15.5. The number of hydrogen-bond acceptors (Lipinski definition) is 4. The molecule has 1 aliphatic heterocycles. The quantitative estimate of drug-likeness (QED) is 0.947. The summed E-state index contributed by atoms with van der Waals surface area (Å²) >= 11 is 0. The van der Waals surface area contributed by atoms with Crippen LogP contribution >= 0.6 is 0 Å². The summed E-state index contributed by atoms with van der Waals surface area (Å²) in [6.45, 7) is 3.72. The molecule has 0 atom stereocenters. The van der Waals surface area contributed by atoms with E-state index >= 15 is 0 Å². The number of aryl methyl sites for hydroxylation is 1. The fourth-order valence-electron chi connectivity index (χ4n) is 2.81. The molecular formula is C17H21FN4. The molecule has 1 saturated heterocycles. The first kappa shape index (κ1) is 14.9. The average Bonchev–Trinajstić information content (AvgIpc) is 2.56. The Kier molecular flexibility index (Phi) is 4.34. The maximum absolute atomic E-state index is 14.2. The Hall–Kier alpha value is -2.01. The van der Waals surface area contributed by atoms with Gasteiger partial charge in [0.25, 0.3) is 0 Å². The van der Waals surface area contributed by atoms with Gasteiger partial charge in [-0.05, 0) is 25.0 Å². The van der Waals surface area contributed by atoms with Gasteiger partial charge < -0.3 is 10.6 Å². The fourth-order valence-corrected chi connectivity index (χ4v) is 2.81. The molecule has 3 rings (SSSR count). The van der Waals surface area contributed by atoms with E-state index in [0.717, 1.165) is 43.9 Å². The van der Waals surface area contributed by atoms with Crippen molar-refractivity contribution in [1.29, 1.82) is 0 Å². The van der Waals surface area contributed by atoms with Crippen LogP contribution < -0.4 is 10.6 Å². The lowest BCUT2D eigenvalue weighted by atomic mass is 10.0. The van der Waals surface area contributed by atoms with Crippen molar-refractivity contribution < 1.29 is 4.39 Å². The molecule has 1 aliphatic rings. The predicted molar refractivity (Wildman–Crippen MR) is 86.2 cm³/mol. The zero-order valence-corrected chi connectivity index (χ0v) is 12.8. The van der Waals surface area contributed by atoms with Crippen LogP contribution in [0.2, 0.25) is 0 Å². The summed E-state index contributed by atoms with van der Waals surface area (Å²) < 4.78 is 14.2. The molecule has 1 aromatic heterocycles. The van der Waals surface area contributed by atoms with E-state index in [1.165, 1.54) is 6.07 Å². The molecular weight excluding hydrogens is 279 g/mol. The molecule has 0 amide bonds. The van der Waals surface area contributed by atoms with Gasteiger partial charge in [-0.3, -0.25) is 0 Å². The van der Waals surface area contributed by atoms with E-state index in [9.17, 15) is 4.39 Å². The second kappa shape index (κ2) is 6.40. The lowest BCUT2D eigenvalue weighted by Crippen LogP contribution is -2.40. The summed E-state index contributed by atoms with van der Waals surface area (Å²) in [5, 5.41) is 0. The van der Waals surface area contributed by atoms with Gasteiger partial charge in [0, 0.05) is 31.1 Å². The van der Waals surface area contributed by atoms with Crippen LogP contribution in [0.25, 0.3) is 11.3 Å². The summed E-state index contributed by atoms with van der Waals surface area (Å²) in [7, 11) is 0. The lowest BCUT2D eigenvalue weighted by molar-refractivity contribution is 0.500. The smallest absolute Gasteiger partial charge is 0.132 e. The Morgan fingerprint density at radius 2 is 2.00 bits per heavy atom. The summed E-state index contributed by atoms with van der Waals surface area (Å²) in [4.78, 5) is 11.2. The zero-order valence-electron chi connectivity index (χ0n) is 12.8. The number of nitrogens with two attached hydrogens (primary N) is 1. The minimum Gasteiger partial charge on any atom is -0.368 e. The van der Waals surface area contributed by atoms with Crippen molar-refractivity contribution in [3.05, 3.63) is 42.1 Å². The van der Waals surface area contributed by atoms with Crippen molar-refractivity contribution in [3.8, 4) is 11.3 Å². The van der Waals surface area contributed by atoms with Gasteiger partial charge in [0.2, 0.25) is 0 Å². The minimum absolute atomic E-state index is 0.252. The van der Waals surface area contributed by atoms with Crippen molar-refractivity contribution in [2.24, 2.45) is 5.73 Å². The van der Waals surface area contributed by atoms with Crippen molar-refractivity contribution >= 4 is 5.69 Å². The molecule has 0 radical (unpaired) electrons. The first-order valence-electron chi connectivity index (χ1n) is 7.80. The van der Waals surface area contributed by atoms with Crippen molar-refractivity contribution in [2.75, 3.05) is 18.0 Å². The summed E-state index contributed by atoms with van der Waals surface area (Å²) in [6, 6.07) is 7.03. The van der Waals surface area contributed by atoms with Gasteiger partial charge in [0.15, 0.2) is 0 Å². The molecule has 1 aromatic carbocycles. The molecule has 4 nitrogen and oxygen atoms in total. The molecule has 0 unspecified atom stereocenters. The van der Waals surface area contributed by atoms with Crippen LogP contribution in [0.15, 0.2) is 30.5 Å². The van der Waals surface area contributed by atoms with E-state index in [1.54, 1.807) is 12.1 Å². The first-order valence-corrected chi connectivity index (χ1v) is 7.80. The predicted octanol–water partition coefficient (Wildman–Crippen LogP) is 2.77.